The Labute approximate surface area is 130 Å². The maximum Gasteiger partial charge on any atom is 0.235 e. The molecule has 1 aliphatic rings. The average Bonchev–Trinajstić information content (AvgIpc) is 3.00. The highest BCUT2D eigenvalue weighted by Gasteiger charge is 2.28. The van der Waals surface area contributed by atoms with Gasteiger partial charge in [-0.3, -0.25) is 4.79 Å². The van der Waals surface area contributed by atoms with Crippen molar-refractivity contribution in [1.82, 2.24) is 10.0 Å². The van der Waals surface area contributed by atoms with E-state index in [0.717, 1.165) is 18.4 Å². The predicted molar refractivity (Wildman–Crippen MR) is 82.5 cm³/mol. The Kier molecular flexibility index (Phi) is 5.61. The van der Waals surface area contributed by atoms with Gasteiger partial charge in [0.05, 0.1) is 11.8 Å². The average molecular weight is 331 g/mol. The molecule has 21 heavy (non-hydrogen) atoms. The van der Waals surface area contributed by atoms with E-state index < -0.39 is 10.0 Å². The van der Waals surface area contributed by atoms with Crippen molar-refractivity contribution >= 4 is 27.5 Å². The molecule has 0 aliphatic heterocycles. The van der Waals surface area contributed by atoms with Crippen molar-refractivity contribution in [3.8, 4) is 0 Å². The molecule has 2 N–H and O–H groups in total. The van der Waals surface area contributed by atoms with E-state index in [1.165, 1.54) is 0 Å². The lowest BCUT2D eigenvalue weighted by Crippen LogP contribution is -2.40. The Morgan fingerprint density at radius 1 is 1.19 bits per heavy atom. The molecular weight excluding hydrogens is 312 g/mol. The fourth-order valence-electron chi connectivity index (χ4n) is 2.35. The topological polar surface area (TPSA) is 75.3 Å². The van der Waals surface area contributed by atoms with E-state index in [1.54, 1.807) is 12.1 Å². The molecule has 5 nitrogen and oxygen atoms in total. The van der Waals surface area contributed by atoms with Crippen molar-refractivity contribution < 1.29 is 13.2 Å². The fraction of sp³-hybridized carbons (Fsp3) is 0.500. The number of amides is 1. The number of halogens is 1. The standard InChI is InChI=1S/C14H19ClN2O3S/c15-12-7-5-11(6-8-12)9-16-14(18)10-17-21(19,20)13-3-1-2-4-13/h5-8,13,17H,1-4,9-10H2,(H,16,18). The third-order valence-corrected chi connectivity index (χ3v) is 5.73. The minimum Gasteiger partial charge on any atom is -0.351 e. The number of rotatable bonds is 6. The minimum atomic E-state index is -3.37. The second kappa shape index (κ2) is 7.24. The Morgan fingerprint density at radius 2 is 1.81 bits per heavy atom. The van der Waals surface area contributed by atoms with Crippen LogP contribution in [0.1, 0.15) is 31.2 Å². The molecule has 0 unspecified atom stereocenters. The van der Waals surface area contributed by atoms with Gasteiger partial charge < -0.3 is 5.32 Å². The monoisotopic (exact) mass is 330 g/mol. The summed E-state index contributed by atoms with van der Waals surface area (Å²) in [5, 5.41) is 2.96. The summed E-state index contributed by atoms with van der Waals surface area (Å²) in [6.45, 7) is 0.133. The van der Waals surface area contributed by atoms with E-state index in [-0.39, 0.29) is 17.7 Å². The van der Waals surface area contributed by atoms with Gasteiger partial charge >= 0.3 is 0 Å². The molecule has 0 radical (unpaired) electrons. The number of carbonyl (C=O) groups is 1. The molecule has 0 aromatic heterocycles. The van der Waals surface area contributed by atoms with Gasteiger partial charge in [-0.05, 0) is 30.5 Å². The van der Waals surface area contributed by atoms with Crippen LogP contribution in [0.4, 0.5) is 0 Å². The second-order valence-electron chi connectivity index (χ2n) is 5.18. The lowest BCUT2D eigenvalue weighted by Gasteiger charge is -2.12. The van der Waals surface area contributed by atoms with Crippen LogP contribution in [0.15, 0.2) is 24.3 Å². The summed E-state index contributed by atoms with van der Waals surface area (Å²) in [5.41, 5.74) is 0.909. The summed E-state index contributed by atoms with van der Waals surface area (Å²) in [5.74, 6) is -0.341. The van der Waals surface area contributed by atoms with Gasteiger partial charge in [0, 0.05) is 11.6 Å². The summed E-state index contributed by atoms with van der Waals surface area (Å²) in [4.78, 5) is 11.7. The Bertz CT molecular complexity index is 581. The van der Waals surface area contributed by atoms with E-state index >= 15 is 0 Å². The van der Waals surface area contributed by atoms with Crippen LogP contribution in [-0.4, -0.2) is 26.1 Å². The smallest absolute Gasteiger partial charge is 0.235 e. The zero-order valence-electron chi connectivity index (χ0n) is 11.6. The number of nitrogens with one attached hydrogen (secondary N) is 2. The van der Waals surface area contributed by atoms with Crippen LogP contribution in [0.25, 0.3) is 0 Å². The van der Waals surface area contributed by atoms with Crippen molar-refractivity contribution in [3.63, 3.8) is 0 Å². The minimum absolute atomic E-state index is 0.216. The largest absolute Gasteiger partial charge is 0.351 e. The molecule has 1 aromatic rings. The zero-order valence-corrected chi connectivity index (χ0v) is 13.2. The van der Waals surface area contributed by atoms with Gasteiger partial charge in [-0.25, -0.2) is 13.1 Å². The van der Waals surface area contributed by atoms with Crippen molar-refractivity contribution in [2.24, 2.45) is 0 Å². The van der Waals surface area contributed by atoms with Crippen molar-refractivity contribution in [3.05, 3.63) is 34.9 Å². The fourth-order valence-corrected chi connectivity index (χ4v) is 4.00. The predicted octanol–water partition coefficient (Wildman–Crippen LogP) is 1.82. The van der Waals surface area contributed by atoms with E-state index in [9.17, 15) is 13.2 Å². The Hall–Kier alpha value is -1.11. The van der Waals surface area contributed by atoms with Gasteiger partial charge in [-0.2, -0.15) is 0 Å². The summed E-state index contributed by atoms with van der Waals surface area (Å²) in [7, 11) is -3.37. The summed E-state index contributed by atoms with van der Waals surface area (Å²) in [6.07, 6.45) is 3.24. The number of carbonyl (C=O) groups excluding carboxylic acids is 1. The summed E-state index contributed by atoms with van der Waals surface area (Å²) >= 11 is 5.77. The quantitative estimate of drug-likeness (QED) is 0.835. The third-order valence-electron chi connectivity index (χ3n) is 3.58. The first-order valence-electron chi connectivity index (χ1n) is 6.97. The molecule has 116 valence electrons. The van der Waals surface area contributed by atoms with Crippen LogP contribution >= 0.6 is 11.6 Å². The molecular formula is C14H19ClN2O3S. The van der Waals surface area contributed by atoms with Crippen LogP contribution in [0.3, 0.4) is 0 Å². The lowest BCUT2D eigenvalue weighted by atomic mass is 10.2. The van der Waals surface area contributed by atoms with Gasteiger partial charge in [0.2, 0.25) is 15.9 Å². The van der Waals surface area contributed by atoms with E-state index in [2.05, 4.69) is 10.0 Å². The SMILES string of the molecule is O=C(CNS(=O)(=O)C1CCCC1)NCc1ccc(Cl)cc1. The molecule has 1 amide bonds. The molecule has 0 spiro atoms. The van der Waals surface area contributed by atoms with Crippen LogP contribution in [0.2, 0.25) is 5.02 Å². The van der Waals surface area contributed by atoms with Crippen LogP contribution in [-0.2, 0) is 21.4 Å². The van der Waals surface area contributed by atoms with Crippen molar-refractivity contribution in [2.75, 3.05) is 6.54 Å². The number of benzene rings is 1. The van der Waals surface area contributed by atoms with Crippen LogP contribution in [0, 0.1) is 0 Å². The third kappa shape index (κ3) is 4.98. The molecule has 2 rings (SSSR count). The Morgan fingerprint density at radius 3 is 2.43 bits per heavy atom. The molecule has 7 heteroatoms. The summed E-state index contributed by atoms with van der Waals surface area (Å²) < 4.78 is 26.3. The molecule has 1 saturated carbocycles. The molecule has 0 heterocycles. The second-order valence-corrected chi connectivity index (χ2v) is 7.66. The first-order chi connectivity index (χ1) is 9.97. The number of hydrogen-bond donors (Lipinski definition) is 2. The maximum absolute atomic E-state index is 11.9. The highest BCUT2D eigenvalue weighted by atomic mass is 35.5. The normalized spacial score (nSPS) is 16.0. The molecule has 0 atom stereocenters. The maximum atomic E-state index is 11.9. The van der Waals surface area contributed by atoms with Gasteiger partial charge in [0.25, 0.3) is 0 Å². The Balaban J connectivity index is 1.75. The molecule has 0 saturated heterocycles. The van der Waals surface area contributed by atoms with Crippen molar-refractivity contribution in [2.45, 2.75) is 37.5 Å². The molecule has 1 aliphatic carbocycles. The highest BCUT2D eigenvalue weighted by Crippen LogP contribution is 2.23. The highest BCUT2D eigenvalue weighted by molar-refractivity contribution is 7.90. The molecule has 1 fully saturated rings. The van der Waals surface area contributed by atoms with Gasteiger partial charge in [0.1, 0.15) is 0 Å². The van der Waals surface area contributed by atoms with E-state index in [0.29, 0.717) is 24.4 Å². The first-order valence-corrected chi connectivity index (χ1v) is 8.89. The molecule has 0 bridgehead atoms. The van der Waals surface area contributed by atoms with E-state index in [4.69, 9.17) is 11.6 Å². The lowest BCUT2D eigenvalue weighted by molar-refractivity contribution is -0.120. The van der Waals surface area contributed by atoms with Crippen LogP contribution < -0.4 is 10.0 Å². The van der Waals surface area contributed by atoms with Crippen LogP contribution in [0.5, 0.6) is 0 Å². The van der Waals surface area contributed by atoms with E-state index in [1.807, 2.05) is 12.1 Å². The van der Waals surface area contributed by atoms with Gasteiger partial charge in [-0.15, -0.1) is 0 Å². The first kappa shape index (κ1) is 16.3. The van der Waals surface area contributed by atoms with Gasteiger partial charge in [0.15, 0.2) is 0 Å². The molecule has 1 aromatic carbocycles. The zero-order chi connectivity index (χ0) is 15.3. The number of hydrogen-bond acceptors (Lipinski definition) is 3. The number of sulfonamides is 1. The van der Waals surface area contributed by atoms with Gasteiger partial charge in [-0.1, -0.05) is 36.6 Å². The summed E-state index contributed by atoms with van der Waals surface area (Å²) in [6, 6.07) is 7.11. The van der Waals surface area contributed by atoms with Crippen molar-refractivity contribution in [1.29, 1.82) is 0 Å².